The summed E-state index contributed by atoms with van der Waals surface area (Å²) in [5.41, 5.74) is 1.05. The van der Waals surface area contributed by atoms with Crippen molar-refractivity contribution in [2.24, 2.45) is 0 Å². The molecule has 2 aromatic rings. The fourth-order valence-corrected chi connectivity index (χ4v) is 3.31. The summed E-state index contributed by atoms with van der Waals surface area (Å²) in [7, 11) is 1.28. The SMILES string of the molecule is COC(=O)c1ccc(C=C2C(=O)NC(=S)N(c3ccc(Cl)cc3Cl)C2=O)cc1. The van der Waals surface area contributed by atoms with Crippen molar-refractivity contribution in [2.75, 3.05) is 12.0 Å². The van der Waals surface area contributed by atoms with E-state index in [9.17, 15) is 14.4 Å². The molecule has 1 fully saturated rings. The van der Waals surface area contributed by atoms with Gasteiger partial charge in [-0.1, -0.05) is 35.3 Å². The van der Waals surface area contributed by atoms with Gasteiger partial charge in [0.25, 0.3) is 11.8 Å². The number of anilines is 1. The van der Waals surface area contributed by atoms with Gasteiger partial charge < -0.3 is 4.74 Å². The number of hydrogen-bond donors (Lipinski definition) is 1. The van der Waals surface area contributed by atoms with Crippen molar-refractivity contribution >= 4 is 70.1 Å². The van der Waals surface area contributed by atoms with Gasteiger partial charge in [0, 0.05) is 5.02 Å². The molecule has 9 heteroatoms. The molecule has 3 rings (SSSR count). The average molecular weight is 435 g/mol. The second-order valence-corrected chi connectivity index (χ2v) is 6.90. The molecule has 0 atom stereocenters. The van der Waals surface area contributed by atoms with Gasteiger partial charge in [0.2, 0.25) is 0 Å². The van der Waals surface area contributed by atoms with Gasteiger partial charge in [-0.25, -0.2) is 4.79 Å². The summed E-state index contributed by atoms with van der Waals surface area (Å²) in [6.45, 7) is 0. The zero-order valence-electron chi connectivity index (χ0n) is 14.4. The summed E-state index contributed by atoms with van der Waals surface area (Å²) >= 11 is 17.2. The number of carbonyl (C=O) groups is 3. The molecule has 0 spiro atoms. The summed E-state index contributed by atoms with van der Waals surface area (Å²) in [4.78, 5) is 37.9. The first-order chi connectivity index (χ1) is 13.3. The molecule has 28 heavy (non-hydrogen) atoms. The van der Waals surface area contributed by atoms with E-state index in [1.165, 1.54) is 37.5 Å². The fourth-order valence-electron chi connectivity index (χ4n) is 2.54. The molecule has 2 aromatic carbocycles. The zero-order chi connectivity index (χ0) is 20.4. The van der Waals surface area contributed by atoms with E-state index in [0.717, 1.165) is 4.90 Å². The number of amides is 2. The Balaban J connectivity index is 1.97. The molecule has 0 radical (unpaired) electrons. The lowest BCUT2D eigenvalue weighted by atomic mass is 10.1. The Morgan fingerprint density at radius 1 is 1.14 bits per heavy atom. The van der Waals surface area contributed by atoms with Gasteiger partial charge in [0.15, 0.2) is 5.11 Å². The molecule has 1 heterocycles. The van der Waals surface area contributed by atoms with Crippen molar-refractivity contribution in [1.82, 2.24) is 5.32 Å². The van der Waals surface area contributed by atoms with Gasteiger partial charge in [-0.05, 0) is 54.2 Å². The van der Waals surface area contributed by atoms with E-state index in [-0.39, 0.29) is 15.7 Å². The average Bonchev–Trinajstić information content (AvgIpc) is 2.66. The quantitative estimate of drug-likeness (QED) is 0.345. The van der Waals surface area contributed by atoms with Crippen molar-refractivity contribution in [3.05, 3.63) is 69.2 Å². The van der Waals surface area contributed by atoms with Crippen LogP contribution in [0.2, 0.25) is 10.0 Å². The Kier molecular flexibility index (Phi) is 5.79. The summed E-state index contributed by atoms with van der Waals surface area (Å²) in [5, 5.41) is 2.99. The van der Waals surface area contributed by atoms with Crippen LogP contribution in [-0.4, -0.2) is 30.0 Å². The zero-order valence-corrected chi connectivity index (χ0v) is 16.7. The van der Waals surface area contributed by atoms with E-state index in [1.54, 1.807) is 18.2 Å². The minimum atomic E-state index is -0.631. The lowest BCUT2D eigenvalue weighted by Crippen LogP contribution is -2.54. The van der Waals surface area contributed by atoms with Crippen molar-refractivity contribution in [3.8, 4) is 0 Å². The first kappa shape index (κ1) is 20.0. The summed E-state index contributed by atoms with van der Waals surface area (Å²) in [6, 6.07) is 10.8. The molecular weight excluding hydrogens is 423 g/mol. The Labute approximate surface area is 175 Å². The molecule has 1 N–H and O–H groups in total. The number of benzene rings is 2. The summed E-state index contributed by atoms with van der Waals surface area (Å²) in [6.07, 6.45) is 1.40. The standard InChI is InChI=1S/C19H12Cl2N2O4S/c1-27-18(26)11-4-2-10(3-5-11)8-13-16(24)22-19(28)23(17(13)25)15-7-6-12(20)9-14(15)21/h2-9H,1H3,(H,22,24,28). The number of nitrogens with zero attached hydrogens (tertiary/aromatic N) is 1. The number of methoxy groups -OCH3 is 1. The second-order valence-electron chi connectivity index (χ2n) is 5.67. The molecule has 1 saturated heterocycles. The van der Waals surface area contributed by atoms with Crippen molar-refractivity contribution < 1.29 is 19.1 Å². The lowest BCUT2D eigenvalue weighted by molar-refractivity contribution is -0.122. The minimum absolute atomic E-state index is 0.0857. The van der Waals surface area contributed by atoms with Crippen LogP contribution >= 0.6 is 35.4 Å². The molecule has 2 amide bonds. The summed E-state index contributed by atoms with van der Waals surface area (Å²) in [5.74, 6) is -1.75. The minimum Gasteiger partial charge on any atom is -0.465 e. The smallest absolute Gasteiger partial charge is 0.337 e. The molecule has 0 aromatic heterocycles. The number of carbonyl (C=O) groups excluding carboxylic acids is 3. The normalized spacial score (nSPS) is 15.6. The number of halogens is 2. The number of ether oxygens (including phenoxy) is 1. The van der Waals surface area contributed by atoms with E-state index in [0.29, 0.717) is 21.8 Å². The molecule has 142 valence electrons. The van der Waals surface area contributed by atoms with Gasteiger partial charge >= 0.3 is 5.97 Å². The van der Waals surface area contributed by atoms with E-state index >= 15 is 0 Å². The first-order valence-electron chi connectivity index (χ1n) is 7.86. The highest BCUT2D eigenvalue weighted by atomic mass is 35.5. The molecular formula is C19H12Cl2N2O4S. The fraction of sp³-hybridized carbons (Fsp3) is 0.0526. The third-order valence-corrected chi connectivity index (χ3v) is 4.72. The van der Waals surface area contributed by atoms with Crippen LogP contribution in [0.4, 0.5) is 5.69 Å². The molecule has 0 unspecified atom stereocenters. The predicted octanol–water partition coefficient (Wildman–Crippen LogP) is 3.61. The van der Waals surface area contributed by atoms with E-state index in [4.69, 9.17) is 35.4 Å². The Hall–Kier alpha value is -2.74. The van der Waals surface area contributed by atoms with Crippen LogP contribution in [0.3, 0.4) is 0 Å². The third kappa shape index (κ3) is 3.91. The van der Waals surface area contributed by atoms with Crippen molar-refractivity contribution in [1.29, 1.82) is 0 Å². The molecule has 0 saturated carbocycles. The maximum absolute atomic E-state index is 13.0. The third-order valence-electron chi connectivity index (χ3n) is 3.90. The lowest BCUT2D eigenvalue weighted by Gasteiger charge is -2.29. The van der Waals surface area contributed by atoms with Gasteiger partial charge in [-0.3, -0.25) is 19.8 Å². The number of rotatable bonds is 3. The van der Waals surface area contributed by atoms with Crippen LogP contribution in [0.25, 0.3) is 6.08 Å². The van der Waals surface area contributed by atoms with Crippen molar-refractivity contribution in [3.63, 3.8) is 0 Å². The second kappa shape index (κ2) is 8.10. The number of thiocarbonyl (C=S) groups is 1. The maximum Gasteiger partial charge on any atom is 0.337 e. The van der Waals surface area contributed by atoms with Crippen LogP contribution < -0.4 is 10.2 Å². The van der Waals surface area contributed by atoms with Gasteiger partial charge in [0.1, 0.15) is 5.57 Å². The number of esters is 1. The van der Waals surface area contributed by atoms with E-state index in [1.807, 2.05) is 0 Å². The molecule has 0 bridgehead atoms. The highest BCUT2D eigenvalue weighted by Crippen LogP contribution is 2.31. The largest absolute Gasteiger partial charge is 0.465 e. The summed E-state index contributed by atoms with van der Waals surface area (Å²) < 4.78 is 4.64. The number of hydrogen-bond acceptors (Lipinski definition) is 5. The van der Waals surface area contributed by atoms with Crippen LogP contribution in [0.1, 0.15) is 15.9 Å². The molecule has 1 aliphatic heterocycles. The molecule has 1 aliphatic rings. The van der Waals surface area contributed by atoms with Crippen LogP contribution in [-0.2, 0) is 14.3 Å². The van der Waals surface area contributed by atoms with Gasteiger partial charge in [-0.2, -0.15) is 0 Å². The van der Waals surface area contributed by atoms with Crippen LogP contribution in [0, 0.1) is 0 Å². The Morgan fingerprint density at radius 2 is 1.82 bits per heavy atom. The Bertz CT molecular complexity index is 1030. The topological polar surface area (TPSA) is 75.7 Å². The first-order valence-corrected chi connectivity index (χ1v) is 9.03. The highest BCUT2D eigenvalue weighted by molar-refractivity contribution is 7.80. The number of nitrogens with one attached hydrogen (secondary N) is 1. The molecule has 0 aliphatic carbocycles. The van der Waals surface area contributed by atoms with Crippen molar-refractivity contribution in [2.45, 2.75) is 0 Å². The highest BCUT2D eigenvalue weighted by Gasteiger charge is 2.35. The van der Waals surface area contributed by atoms with E-state index < -0.39 is 17.8 Å². The Morgan fingerprint density at radius 3 is 2.43 bits per heavy atom. The van der Waals surface area contributed by atoms with E-state index in [2.05, 4.69) is 10.1 Å². The van der Waals surface area contributed by atoms with Gasteiger partial charge in [0.05, 0.1) is 23.4 Å². The molecule has 6 nitrogen and oxygen atoms in total. The van der Waals surface area contributed by atoms with Crippen LogP contribution in [0.15, 0.2) is 48.0 Å². The monoisotopic (exact) mass is 434 g/mol. The van der Waals surface area contributed by atoms with Crippen LogP contribution in [0.5, 0.6) is 0 Å². The van der Waals surface area contributed by atoms with Gasteiger partial charge in [-0.15, -0.1) is 0 Å². The predicted molar refractivity (Wildman–Crippen MR) is 110 cm³/mol. The maximum atomic E-state index is 13.0.